The molecule has 2 aromatic rings. The highest BCUT2D eigenvalue weighted by Crippen LogP contribution is 2.27. The van der Waals surface area contributed by atoms with Gasteiger partial charge in [-0.25, -0.2) is 4.98 Å². The van der Waals surface area contributed by atoms with Crippen LogP contribution in [0, 0.1) is 13.8 Å². The van der Waals surface area contributed by atoms with Crippen LogP contribution in [-0.2, 0) is 6.54 Å². The summed E-state index contributed by atoms with van der Waals surface area (Å²) >= 11 is 1.46. The molecular weight excluding hydrogens is 270 g/mol. The summed E-state index contributed by atoms with van der Waals surface area (Å²) in [6, 6.07) is 6.02. The highest BCUT2D eigenvalue weighted by Gasteiger charge is 2.16. The van der Waals surface area contributed by atoms with Crippen molar-refractivity contribution in [2.24, 2.45) is 0 Å². The molecule has 2 heterocycles. The van der Waals surface area contributed by atoms with Gasteiger partial charge in [0.15, 0.2) is 10.9 Å². The van der Waals surface area contributed by atoms with Crippen molar-refractivity contribution in [2.75, 3.05) is 11.4 Å². The molecule has 0 aliphatic carbocycles. The number of pyridine rings is 1. The van der Waals surface area contributed by atoms with Crippen molar-refractivity contribution in [2.45, 2.75) is 34.2 Å². The zero-order chi connectivity index (χ0) is 14.7. The second-order valence-corrected chi connectivity index (χ2v) is 5.73. The summed E-state index contributed by atoms with van der Waals surface area (Å²) in [5.74, 6) is 0.0796. The molecule has 0 aromatic carbocycles. The molecule has 0 saturated heterocycles. The molecule has 106 valence electrons. The minimum atomic E-state index is 0.0796. The zero-order valence-corrected chi connectivity index (χ0v) is 13.1. The Bertz CT molecular complexity index is 621. The first-order valence-corrected chi connectivity index (χ1v) is 7.48. The molecular formula is C15H19N3OS. The fraction of sp³-hybridized carbons (Fsp3) is 0.400. The largest absolute Gasteiger partial charge is 0.342 e. The van der Waals surface area contributed by atoms with Crippen molar-refractivity contribution in [1.29, 1.82) is 0 Å². The van der Waals surface area contributed by atoms with Gasteiger partial charge >= 0.3 is 0 Å². The van der Waals surface area contributed by atoms with E-state index in [1.165, 1.54) is 11.3 Å². The van der Waals surface area contributed by atoms with Crippen LogP contribution in [-0.4, -0.2) is 22.3 Å². The maximum Gasteiger partial charge on any atom is 0.186 e. The minimum Gasteiger partial charge on any atom is -0.342 e. The number of hydrogen-bond donors (Lipinski definition) is 0. The summed E-state index contributed by atoms with van der Waals surface area (Å²) in [4.78, 5) is 23.5. The van der Waals surface area contributed by atoms with Crippen LogP contribution in [0.1, 0.15) is 40.6 Å². The van der Waals surface area contributed by atoms with E-state index in [2.05, 4.69) is 21.8 Å². The van der Waals surface area contributed by atoms with Crippen LogP contribution in [0.5, 0.6) is 0 Å². The molecule has 0 saturated carbocycles. The van der Waals surface area contributed by atoms with Gasteiger partial charge in [-0.1, -0.05) is 17.4 Å². The molecule has 2 rings (SSSR count). The van der Waals surface area contributed by atoms with Gasteiger partial charge in [-0.3, -0.25) is 9.78 Å². The molecule has 4 nitrogen and oxygen atoms in total. The van der Waals surface area contributed by atoms with Crippen LogP contribution < -0.4 is 4.90 Å². The lowest BCUT2D eigenvalue weighted by Gasteiger charge is -2.19. The Morgan fingerprint density at radius 1 is 1.30 bits per heavy atom. The number of carbonyl (C=O) groups is 1. The number of anilines is 1. The average molecular weight is 289 g/mol. The smallest absolute Gasteiger partial charge is 0.186 e. The van der Waals surface area contributed by atoms with Crippen molar-refractivity contribution in [3.63, 3.8) is 0 Å². The van der Waals surface area contributed by atoms with E-state index >= 15 is 0 Å². The summed E-state index contributed by atoms with van der Waals surface area (Å²) in [5, 5.41) is 0.888. The number of Topliss-reactive ketones (excluding diaryl/α,β-unsaturated/α-hetero) is 1. The topological polar surface area (TPSA) is 46.1 Å². The van der Waals surface area contributed by atoms with E-state index in [0.717, 1.165) is 33.6 Å². The van der Waals surface area contributed by atoms with Crippen molar-refractivity contribution in [3.05, 3.63) is 40.2 Å². The summed E-state index contributed by atoms with van der Waals surface area (Å²) in [7, 11) is 0. The SMILES string of the molecule is CCN(Cc1cccc(C)n1)c1nc(C)c(C(C)=O)s1. The lowest BCUT2D eigenvalue weighted by Crippen LogP contribution is -2.22. The van der Waals surface area contributed by atoms with Crippen LogP contribution in [0.15, 0.2) is 18.2 Å². The fourth-order valence-electron chi connectivity index (χ4n) is 2.04. The Morgan fingerprint density at radius 2 is 2.05 bits per heavy atom. The first kappa shape index (κ1) is 14.7. The van der Waals surface area contributed by atoms with Crippen LogP contribution in [0.2, 0.25) is 0 Å². The first-order valence-electron chi connectivity index (χ1n) is 6.67. The van der Waals surface area contributed by atoms with Gasteiger partial charge in [0.1, 0.15) is 0 Å². The molecule has 0 radical (unpaired) electrons. The number of ketones is 1. The van der Waals surface area contributed by atoms with Crippen LogP contribution in [0.4, 0.5) is 5.13 Å². The van der Waals surface area contributed by atoms with E-state index in [0.29, 0.717) is 6.54 Å². The third-order valence-electron chi connectivity index (χ3n) is 3.06. The molecule has 0 unspecified atom stereocenters. The quantitative estimate of drug-likeness (QED) is 0.792. The van der Waals surface area contributed by atoms with E-state index in [1.807, 2.05) is 32.0 Å². The maximum atomic E-state index is 11.5. The van der Waals surface area contributed by atoms with Gasteiger partial charge in [0, 0.05) is 19.2 Å². The molecule has 0 atom stereocenters. The second-order valence-electron chi connectivity index (χ2n) is 4.75. The van der Waals surface area contributed by atoms with Crippen LogP contribution in [0.3, 0.4) is 0 Å². The summed E-state index contributed by atoms with van der Waals surface area (Å²) in [6.45, 7) is 9.09. The number of nitrogens with zero attached hydrogens (tertiary/aromatic N) is 3. The third-order valence-corrected chi connectivity index (χ3v) is 4.38. The molecule has 20 heavy (non-hydrogen) atoms. The standard InChI is InChI=1S/C15H19N3OS/c1-5-18(9-13-8-6-7-10(2)16-13)15-17-11(3)14(20-15)12(4)19/h6-8H,5,9H2,1-4H3. The predicted molar refractivity (Wildman–Crippen MR) is 82.6 cm³/mol. The van der Waals surface area contributed by atoms with Crippen molar-refractivity contribution >= 4 is 22.3 Å². The lowest BCUT2D eigenvalue weighted by molar-refractivity contribution is 0.102. The maximum absolute atomic E-state index is 11.5. The average Bonchev–Trinajstić information content (AvgIpc) is 2.78. The number of rotatable bonds is 5. The van der Waals surface area contributed by atoms with E-state index in [9.17, 15) is 4.79 Å². The summed E-state index contributed by atoms with van der Waals surface area (Å²) in [6.07, 6.45) is 0. The molecule has 5 heteroatoms. The summed E-state index contributed by atoms with van der Waals surface area (Å²) < 4.78 is 0. The zero-order valence-electron chi connectivity index (χ0n) is 12.3. The highest BCUT2D eigenvalue weighted by molar-refractivity contribution is 7.17. The molecule has 0 amide bonds. The highest BCUT2D eigenvalue weighted by atomic mass is 32.1. The normalized spacial score (nSPS) is 10.6. The molecule has 0 bridgehead atoms. The third kappa shape index (κ3) is 3.22. The Labute approximate surface area is 123 Å². The minimum absolute atomic E-state index is 0.0796. The van der Waals surface area contributed by atoms with Gasteiger partial charge in [-0.15, -0.1) is 0 Å². The summed E-state index contributed by atoms with van der Waals surface area (Å²) in [5.41, 5.74) is 2.84. The molecule has 0 aliphatic rings. The Morgan fingerprint density at radius 3 is 2.60 bits per heavy atom. The van der Waals surface area contributed by atoms with Crippen molar-refractivity contribution < 1.29 is 4.79 Å². The first-order chi connectivity index (χ1) is 9.51. The second kappa shape index (κ2) is 6.13. The number of hydrogen-bond acceptors (Lipinski definition) is 5. The fourth-order valence-corrected chi connectivity index (χ4v) is 3.07. The van der Waals surface area contributed by atoms with Gasteiger partial charge in [-0.05, 0) is 32.9 Å². The molecule has 0 fully saturated rings. The van der Waals surface area contributed by atoms with Gasteiger partial charge in [-0.2, -0.15) is 0 Å². The Hall–Kier alpha value is -1.75. The van der Waals surface area contributed by atoms with Crippen molar-refractivity contribution in [1.82, 2.24) is 9.97 Å². The number of aryl methyl sites for hydroxylation is 2. The van der Waals surface area contributed by atoms with E-state index in [4.69, 9.17) is 0 Å². The van der Waals surface area contributed by atoms with E-state index < -0.39 is 0 Å². The van der Waals surface area contributed by atoms with Crippen LogP contribution in [0.25, 0.3) is 0 Å². The van der Waals surface area contributed by atoms with Crippen molar-refractivity contribution in [3.8, 4) is 0 Å². The monoisotopic (exact) mass is 289 g/mol. The van der Waals surface area contributed by atoms with Gasteiger partial charge < -0.3 is 4.90 Å². The molecule has 0 aliphatic heterocycles. The van der Waals surface area contributed by atoms with E-state index in [1.54, 1.807) is 6.92 Å². The van der Waals surface area contributed by atoms with Gasteiger partial charge in [0.25, 0.3) is 0 Å². The van der Waals surface area contributed by atoms with E-state index in [-0.39, 0.29) is 5.78 Å². The molecule has 0 spiro atoms. The number of aromatic nitrogens is 2. The van der Waals surface area contributed by atoms with Crippen LogP contribution >= 0.6 is 11.3 Å². The lowest BCUT2D eigenvalue weighted by atomic mass is 10.3. The van der Waals surface area contributed by atoms with Gasteiger partial charge in [0.2, 0.25) is 0 Å². The number of thiazole rings is 1. The molecule has 2 aromatic heterocycles. The van der Waals surface area contributed by atoms with Gasteiger partial charge in [0.05, 0.1) is 22.8 Å². The number of carbonyl (C=O) groups excluding carboxylic acids is 1. The Balaban J connectivity index is 2.24. The molecule has 0 N–H and O–H groups in total. The Kier molecular flexibility index (Phi) is 4.49. The predicted octanol–water partition coefficient (Wildman–Crippen LogP) is 3.38.